The molecular weight excluding hydrogens is 142 g/mol. The fraction of sp³-hybridized carbons (Fsp3) is 0.875. The highest BCUT2D eigenvalue weighted by Crippen LogP contribution is 2.14. The predicted octanol–water partition coefficient (Wildman–Crippen LogP) is 0.923. The van der Waals surface area contributed by atoms with Crippen molar-refractivity contribution in [1.29, 1.82) is 0 Å². The highest BCUT2D eigenvalue weighted by molar-refractivity contribution is 5.79. The van der Waals surface area contributed by atoms with Gasteiger partial charge in [0.05, 0.1) is 7.11 Å². The predicted molar refractivity (Wildman–Crippen MR) is 44.1 cm³/mol. The Kier molecular flexibility index (Phi) is 3.52. The summed E-state index contributed by atoms with van der Waals surface area (Å²) in [6.07, 6.45) is 0.652. The summed E-state index contributed by atoms with van der Waals surface area (Å²) in [5.41, 5.74) is 4.87. The molecule has 0 aliphatic heterocycles. The summed E-state index contributed by atoms with van der Waals surface area (Å²) < 4.78 is 4.55. The number of ether oxygens (including phenoxy) is 1. The zero-order valence-electron chi connectivity index (χ0n) is 7.68. The van der Waals surface area contributed by atoms with Gasteiger partial charge in [0.15, 0.2) is 0 Å². The minimum atomic E-state index is -0.830. The first kappa shape index (κ1) is 10.4. The molecule has 0 aromatic rings. The Balaban J connectivity index is 4.09. The Bertz CT molecular complexity index is 141. The Morgan fingerprint density at radius 1 is 1.64 bits per heavy atom. The number of nitrogens with two attached hydrogens (primary N) is 1. The molecule has 0 spiro atoms. The molecule has 0 rings (SSSR count). The fourth-order valence-corrected chi connectivity index (χ4v) is 1.16. The number of carbonyl (C=O) groups excluding carboxylic acids is 1. The molecule has 0 amide bonds. The monoisotopic (exact) mass is 159 g/mol. The van der Waals surface area contributed by atoms with E-state index in [1.54, 1.807) is 6.92 Å². The van der Waals surface area contributed by atoms with Crippen LogP contribution >= 0.6 is 0 Å². The van der Waals surface area contributed by atoms with Crippen molar-refractivity contribution in [2.24, 2.45) is 11.7 Å². The van der Waals surface area contributed by atoms with Gasteiger partial charge in [0.1, 0.15) is 5.54 Å². The number of rotatable bonds is 3. The molecule has 11 heavy (non-hydrogen) atoms. The van der Waals surface area contributed by atoms with Crippen molar-refractivity contribution in [1.82, 2.24) is 0 Å². The minimum Gasteiger partial charge on any atom is -0.468 e. The summed E-state index contributed by atoms with van der Waals surface area (Å²) in [5, 5.41) is 0. The van der Waals surface area contributed by atoms with Gasteiger partial charge < -0.3 is 10.5 Å². The standard InChI is InChI=1S/C8H17NO2/c1-6(2)5-8(3,9)7(10)11-4/h6H,5,9H2,1-4H3/t8-/m0/s1. The van der Waals surface area contributed by atoms with E-state index < -0.39 is 5.54 Å². The van der Waals surface area contributed by atoms with Crippen LogP contribution in [-0.2, 0) is 9.53 Å². The second-order valence-electron chi connectivity index (χ2n) is 3.51. The number of methoxy groups -OCH3 is 1. The van der Waals surface area contributed by atoms with Crippen molar-refractivity contribution in [2.75, 3.05) is 7.11 Å². The maximum atomic E-state index is 11.0. The molecule has 1 atom stereocenters. The first-order valence-electron chi connectivity index (χ1n) is 3.77. The smallest absolute Gasteiger partial charge is 0.325 e. The van der Waals surface area contributed by atoms with Crippen LogP contribution in [0.5, 0.6) is 0 Å². The lowest BCUT2D eigenvalue weighted by Gasteiger charge is -2.22. The van der Waals surface area contributed by atoms with E-state index in [-0.39, 0.29) is 5.97 Å². The number of hydrogen-bond donors (Lipinski definition) is 1. The molecule has 0 saturated heterocycles. The topological polar surface area (TPSA) is 52.3 Å². The van der Waals surface area contributed by atoms with Gasteiger partial charge in [0.2, 0.25) is 0 Å². The first-order chi connectivity index (χ1) is 4.90. The van der Waals surface area contributed by atoms with E-state index in [1.807, 2.05) is 13.8 Å². The molecular formula is C8H17NO2. The molecule has 3 nitrogen and oxygen atoms in total. The van der Waals surface area contributed by atoms with E-state index in [0.29, 0.717) is 12.3 Å². The van der Waals surface area contributed by atoms with Crippen molar-refractivity contribution in [2.45, 2.75) is 32.7 Å². The van der Waals surface area contributed by atoms with Crippen molar-refractivity contribution in [3.05, 3.63) is 0 Å². The molecule has 2 N–H and O–H groups in total. The second kappa shape index (κ2) is 3.72. The third-order valence-electron chi connectivity index (χ3n) is 1.48. The fourth-order valence-electron chi connectivity index (χ4n) is 1.16. The molecule has 0 aromatic carbocycles. The van der Waals surface area contributed by atoms with Crippen LogP contribution in [0.4, 0.5) is 0 Å². The average molecular weight is 159 g/mol. The molecule has 0 heterocycles. The number of esters is 1. The van der Waals surface area contributed by atoms with Crippen molar-refractivity contribution in [3.8, 4) is 0 Å². The summed E-state index contributed by atoms with van der Waals surface area (Å²) in [6.45, 7) is 5.74. The van der Waals surface area contributed by atoms with Crippen LogP contribution in [-0.4, -0.2) is 18.6 Å². The molecule has 0 radical (unpaired) electrons. The second-order valence-corrected chi connectivity index (χ2v) is 3.51. The molecule has 3 heteroatoms. The van der Waals surface area contributed by atoms with Gasteiger partial charge in [0, 0.05) is 0 Å². The molecule has 0 fully saturated rings. The Hall–Kier alpha value is -0.570. The van der Waals surface area contributed by atoms with Crippen LogP contribution in [0.1, 0.15) is 27.2 Å². The summed E-state index contributed by atoms with van der Waals surface area (Å²) in [7, 11) is 1.35. The zero-order chi connectivity index (χ0) is 9.07. The normalized spacial score (nSPS) is 16.2. The molecule has 0 bridgehead atoms. The Morgan fingerprint density at radius 2 is 2.09 bits per heavy atom. The SMILES string of the molecule is COC(=O)[C@@](C)(N)CC(C)C. The van der Waals surface area contributed by atoms with Gasteiger partial charge in [-0.15, -0.1) is 0 Å². The summed E-state index contributed by atoms with van der Waals surface area (Å²) in [4.78, 5) is 11.0. The highest BCUT2D eigenvalue weighted by Gasteiger charge is 2.29. The lowest BCUT2D eigenvalue weighted by atomic mass is 9.92. The Labute approximate surface area is 67.9 Å². The van der Waals surface area contributed by atoms with E-state index in [9.17, 15) is 4.79 Å². The highest BCUT2D eigenvalue weighted by atomic mass is 16.5. The van der Waals surface area contributed by atoms with Crippen LogP contribution in [0.25, 0.3) is 0 Å². The van der Waals surface area contributed by atoms with E-state index >= 15 is 0 Å². The van der Waals surface area contributed by atoms with Gasteiger partial charge in [-0.1, -0.05) is 13.8 Å². The van der Waals surface area contributed by atoms with E-state index in [0.717, 1.165) is 0 Å². The van der Waals surface area contributed by atoms with Gasteiger partial charge in [-0.3, -0.25) is 4.79 Å². The summed E-state index contributed by atoms with van der Waals surface area (Å²) in [6, 6.07) is 0. The van der Waals surface area contributed by atoms with Crippen LogP contribution in [0.3, 0.4) is 0 Å². The molecule has 0 saturated carbocycles. The molecule has 0 unspecified atom stereocenters. The molecule has 66 valence electrons. The third kappa shape index (κ3) is 3.37. The van der Waals surface area contributed by atoms with E-state index in [2.05, 4.69) is 4.74 Å². The maximum Gasteiger partial charge on any atom is 0.325 e. The minimum absolute atomic E-state index is 0.341. The van der Waals surface area contributed by atoms with Crippen LogP contribution in [0.15, 0.2) is 0 Å². The lowest BCUT2D eigenvalue weighted by Crippen LogP contribution is -2.46. The van der Waals surface area contributed by atoms with Crippen molar-refractivity contribution < 1.29 is 9.53 Å². The van der Waals surface area contributed by atoms with Crippen molar-refractivity contribution >= 4 is 5.97 Å². The van der Waals surface area contributed by atoms with Crippen LogP contribution in [0, 0.1) is 5.92 Å². The quantitative estimate of drug-likeness (QED) is 0.623. The van der Waals surface area contributed by atoms with Gasteiger partial charge in [0.25, 0.3) is 0 Å². The summed E-state index contributed by atoms with van der Waals surface area (Å²) in [5.74, 6) is 0.0651. The Morgan fingerprint density at radius 3 is 2.36 bits per heavy atom. The summed E-state index contributed by atoms with van der Waals surface area (Å²) >= 11 is 0. The maximum absolute atomic E-state index is 11.0. The molecule has 0 aliphatic carbocycles. The van der Waals surface area contributed by atoms with Crippen LogP contribution in [0.2, 0.25) is 0 Å². The number of hydrogen-bond acceptors (Lipinski definition) is 3. The van der Waals surface area contributed by atoms with Gasteiger partial charge in [-0.05, 0) is 19.3 Å². The van der Waals surface area contributed by atoms with Gasteiger partial charge >= 0.3 is 5.97 Å². The lowest BCUT2D eigenvalue weighted by molar-refractivity contribution is -0.147. The molecule has 0 aromatic heterocycles. The van der Waals surface area contributed by atoms with Crippen LogP contribution < -0.4 is 5.73 Å². The number of carbonyl (C=O) groups is 1. The van der Waals surface area contributed by atoms with E-state index in [4.69, 9.17) is 5.73 Å². The molecule has 0 aliphatic rings. The first-order valence-corrected chi connectivity index (χ1v) is 3.77. The average Bonchev–Trinajstić information content (AvgIpc) is 1.83. The van der Waals surface area contributed by atoms with Gasteiger partial charge in [-0.2, -0.15) is 0 Å². The van der Waals surface area contributed by atoms with Crippen molar-refractivity contribution in [3.63, 3.8) is 0 Å². The largest absolute Gasteiger partial charge is 0.468 e. The zero-order valence-corrected chi connectivity index (χ0v) is 7.68. The third-order valence-corrected chi connectivity index (χ3v) is 1.48. The van der Waals surface area contributed by atoms with Gasteiger partial charge in [-0.25, -0.2) is 0 Å². The van der Waals surface area contributed by atoms with E-state index in [1.165, 1.54) is 7.11 Å².